The largest absolute Gasteiger partial charge is 0.507 e. The molecule has 18 heavy (non-hydrogen) atoms. The van der Waals surface area contributed by atoms with Crippen molar-refractivity contribution in [3.05, 3.63) is 42.0 Å². The summed E-state index contributed by atoms with van der Waals surface area (Å²) in [5.41, 5.74) is 6.45. The molecule has 0 aliphatic rings. The fraction of sp³-hybridized carbons (Fsp3) is 0.154. The molecule has 3 N–H and O–H groups in total. The van der Waals surface area contributed by atoms with Crippen LogP contribution in [0.5, 0.6) is 5.75 Å². The SMILES string of the molecule is COC(=O)[C@H](N)c1ccc(O)c2ccccc12.Cl. The molecule has 0 amide bonds. The highest BCUT2D eigenvalue weighted by Crippen LogP contribution is 2.30. The van der Waals surface area contributed by atoms with Crippen LogP contribution in [-0.4, -0.2) is 18.2 Å². The Morgan fingerprint density at radius 2 is 1.83 bits per heavy atom. The van der Waals surface area contributed by atoms with Gasteiger partial charge >= 0.3 is 5.97 Å². The summed E-state index contributed by atoms with van der Waals surface area (Å²) in [7, 11) is 1.30. The minimum absolute atomic E-state index is 0. The van der Waals surface area contributed by atoms with E-state index in [1.54, 1.807) is 12.1 Å². The molecule has 0 saturated carbocycles. The monoisotopic (exact) mass is 267 g/mol. The molecule has 2 rings (SSSR count). The number of hydrogen-bond acceptors (Lipinski definition) is 4. The third kappa shape index (κ3) is 2.39. The van der Waals surface area contributed by atoms with Crippen molar-refractivity contribution in [1.82, 2.24) is 0 Å². The van der Waals surface area contributed by atoms with E-state index >= 15 is 0 Å². The van der Waals surface area contributed by atoms with Gasteiger partial charge in [-0.05, 0) is 17.0 Å². The number of ether oxygens (including phenoxy) is 1. The Morgan fingerprint density at radius 3 is 2.44 bits per heavy atom. The third-order valence-electron chi connectivity index (χ3n) is 2.72. The molecule has 2 aromatic carbocycles. The molecule has 0 aromatic heterocycles. The van der Waals surface area contributed by atoms with Gasteiger partial charge in [0.1, 0.15) is 11.8 Å². The number of hydrogen-bond donors (Lipinski definition) is 2. The summed E-state index contributed by atoms with van der Waals surface area (Å²) < 4.78 is 4.62. The summed E-state index contributed by atoms with van der Waals surface area (Å²) in [5.74, 6) is -0.331. The maximum Gasteiger partial charge on any atom is 0.327 e. The average molecular weight is 268 g/mol. The minimum Gasteiger partial charge on any atom is -0.507 e. The van der Waals surface area contributed by atoms with E-state index in [1.807, 2.05) is 18.2 Å². The average Bonchev–Trinajstić information content (AvgIpc) is 2.38. The predicted octanol–water partition coefficient (Wildman–Crippen LogP) is 2.14. The summed E-state index contributed by atoms with van der Waals surface area (Å²) in [6, 6.07) is 9.56. The number of aromatic hydroxyl groups is 1. The second-order valence-electron chi connectivity index (χ2n) is 3.72. The Balaban J connectivity index is 0.00000162. The van der Waals surface area contributed by atoms with E-state index in [9.17, 15) is 9.90 Å². The topological polar surface area (TPSA) is 72.5 Å². The van der Waals surface area contributed by atoms with Crippen LogP contribution >= 0.6 is 12.4 Å². The summed E-state index contributed by atoms with van der Waals surface area (Å²) in [4.78, 5) is 11.4. The first-order valence-corrected chi connectivity index (χ1v) is 5.19. The van der Waals surface area contributed by atoms with Gasteiger partial charge in [0.25, 0.3) is 0 Å². The first-order valence-electron chi connectivity index (χ1n) is 5.19. The highest BCUT2D eigenvalue weighted by molar-refractivity contribution is 5.94. The van der Waals surface area contributed by atoms with Gasteiger partial charge in [-0.15, -0.1) is 12.4 Å². The zero-order chi connectivity index (χ0) is 12.4. The van der Waals surface area contributed by atoms with Crippen LogP contribution in [0.4, 0.5) is 0 Å². The van der Waals surface area contributed by atoms with Gasteiger partial charge < -0.3 is 15.6 Å². The van der Waals surface area contributed by atoms with E-state index < -0.39 is 12.0 Å². The van der Waals surface area contributed by atoms with Crippen molar-refractivity contribution in [2.24, 2.45) is 5.73 Å². The summed E-state index contributed by atoms with van der Waals surface area (Å²) in [6.07, 6.45) is 0. The van der Waals surface area contributed by atoms with E-state index in [0.29, 0.717) is 10.9 Å². The molecule has 2 aromatic rings. The number of benzene rings is 2. The van der Waals surface area contributed by atoms with Crippen molar-refractivity contribution in [1.29, 1.82) is 0 Å². The highest BCUT2D eigenvalue weighted by Gasteiger charge is 2.19. The number of methoxy groups -OCH3 is 1. The number of fused-ring (bicyclic) bond motifs is 1. The van der Waals surface area contributed by atoms with Crippen molar-refractivity contribution >= 4 is 29.1 Å². The number of nitrogens with two attached hydrogens (primary N) is 1. The molecule has 1 atom stereocenters. The summed E-state index contributed by atoms with van der Waals surface area (Å²) in [5, 5.41) is 11.1. The molecule has 0 fully saturated rings. The lowest BCUT2D eigenvalue weighted by molar-refractivity contribution is -0.142. The Kier molecular flexibility index (Phi) is 4.53. The molecular formula is C13H14ClNO3. The number of rotatable bonds is 2. The third-order valence-corrected chi connectivity index (χ3v) is 2.72. The van der Waals surface area contributed by atoms with Crippen LogP contribution in [-0.2, 0) is 9.53 Å². The van der Waals surface area contributed by atoms with E-state index in [4.69, 9.17) is 5.73 Å². The fourth-order valence-electron chi connectivity index (χ4n) is 1.83. The second-order valence-corrected chi connectivity index (χ2v) is 3.72. The first kappa shape index (κ1) is 14.3. The van der Waals surface area contributed by atoms with Gasteiger partial charge in [0, 0.05) is 5.39 Å². The van der Waals surface area contributed by atoms with Crippen LogP contribution in [0, 0.1) is 0 Å². The van der Waals surface area contributed by atoms with E-state index in [2.05, 4.69) is 4.74 Å². The van der Waals surface area contributed by atoms with Crippen molar-refractivity contribution in [2.45, 2.75) is 6.04 Å². The number of carbonyl (C=O) groups excluding carboxylic acids is 1. The normalized spacial score (nSPS) is 11.7. The molecular weight excluding hydrogens is 254 g/mol. The maximum atomic E-state index is 11.4. The second kappa shape index (κ2) is 5.71. The molecule has 0 bridgehead atoms. The van der Waals surface area contributed by atoms with E-state index in [0.717, 1.165) is 5.39 Å². The van der Waals surface area contributed by atoms with Gasteiger partial charge in [-0.25, -0.2) is 0 Å². The van der Waals surface area contributed by atoms with Crippen LogP contribution in [0.25, 0.3) is 10.8 Å². The molecule has 4 nitrogen and oxygen atoms in total. The smallest absolute Gasteiger partial charge is 0.327 e. The van der Waals surface area contributed by atoms with Gasteiger partial charge in [0.2, 0.25) is 0 Å². The first-order chi connectivity index (χ1) is 8.15. The van der Waals surface area contributed by atoms with Crippen molar-refractivity contribution in [2.75, 3.05) is 7.11 Å². The Morgan fingerprint density at radius 1 is 1.22 bits per heavy atom. The molecule has 0 radical (unpaired) electrons. The van der Waals surface area contributed by atoms with Gasteiger partial charge in [-0.2, -0.15) is 0 Å². The molecule has 0 saturated heterocycles. The number of esters is 1. The fourth-order valence-corrected chi connectivity index (χ4v) is 1.83. The lowest BCUT2D eigenvalue weighted by Gasteiger charge is -2.13. The van der Waals surface area contributed by atoms with E-state index in [-0.39, 0.29) is 18.2 Å². The highest BCUT2D eigenvalue weighted by atomic mass is 35.5. The molecule has 0 spiro atoms. The summed E-state index contributed by atoms with van der Waals surface area (Å²) in [6.45, 7) is 0. The molecule has 96 valence electrons. The quantitative estimate of drug-likeness (QED) is 0.818. The van der Waals surface area contributed by atoms with Crippen LogP contribution in [0.1, 0.15) is 11.6 Å². The van der Waals surface area contributed by atoms with Crippen molar-refractivity contribution in [3.63, 3.8) is 0 Å². The number of phenols is 1. The number of phenolic OH excluding ortho intramolecular Hbond substituents is 1. The molecule has 0 heterocycles. The number of carbonyl (C=O) groups is 1. The van der Waals surface area contributed by atoms with Gasteiger partial charge in [-0.1, -0.05) is 30.3 Å². The van der Waals surface area contributed by atoms with Crippen LogP contribution in [0.3, 0.4) is 0 Å². The van der Waals surface area contributed by atoms with Crippen LogP contribution in [0.15, 0.2) is 36.4 Å². The van der Waals surface area contributed by atoms with Gasteiger partial charge in [0.15, 0.2) is 0 Å². The van der Waals surface area contributed by atoms with Crippen molar-refractivity contribution in [3.8, 4) is 5.75 Å². The lowest BCUT2D eigenvalue weighted by Crippen LogP contribution is -2.22. The zero-order valence-corrected chi connectivity index (χ0v) is 10.6. The standard InChI is InChI=1S/C13H13NO3.ClH/c1-17-13(16)12(14)10-6-7-11(15)9-5-3-2-4-8(9)10;/h2-7,12,15H,14H2,1H3;1H/t12-;/m1./s1. The molecule has 0 unspecified atom stereocenters. The maximum absolute atomic E-state index is 11.4. The lowest BCUT2D eigenvalue weighted by atomic mass is 9.98. The van der Waals surface area contributed by atoms with Crippen LogP contribution < -0.4 is 5.73 Å². The minimum atomic E-state index is -0.842. The Labute approximate surface area is 111 Å². The van der Waals surface area contributed by atoms with Gasteiger partial charge in [-0.3, -0.25) is 4.79 Å². The molecule has 0 aliphatic carbocycles. The Hall–Kier alpha value is -1.78. The predicted molar refractivity (Wildman–Crippen MR) is 71.8 cm³/mol. The van der Waals surface area contributed by atoms with E-state index in [1.165, 1.54) is 13.2 Å². The molecule has 5 heteroatoms. The number of halogens is 1. The van der Waals surface area contributed by atoms with Crippen LogP contribution in [0.2, 0.25) is 0 Å². The van der Waals surface area contributed by atoms with Crippen molar-refractivity contribution < 1.29 is 14.6 Å². The summed E-state index contributed by atoms with van der Waals surface area (Å²) >= 11 is 0. The zero-order valence-electron chi connectivity index (χ0n) is 9.79. The Bertz CT molecular complexity index is 571. The van der Waals surface area contributed by atoms with Gasteiger partial charge in [0.05, 0.1) is 7.11 Å². The molecule has 0 aliphatic heterocycles.